The van der Waals surface area contributed by atoms with Crippen molar-refractivity contribution in [3.8, 4) is 0 Å². The fourth-order valence-corrected chi connectivity index (χ4v) is 3.42. The van der Waals surface area contributed by atoms with Crippen LogP contribution in [0.25, 0.3) is 0 Å². The lowest BCUT2D eigenvalue weighted by molar-refractivity contribution is -0.125. The third-order valence-electron chi connectivity index (χ3n) is 4.75. The van der Waals surface area contributed by atoms with Crippen LogP contribution in [0.5, 0.6) is 0 Å². The van der Waals surface area contributed by atoms with E-state index in [1.165, 1.54) is 0 Å². The summed E-state index contributed by atoms with van der Waals surface area (Å²) >= 11 is 0. The van der Waals surface area contributed by atoms with Crippen molar-refractivity contribution in [2.24, 2.45) is 0 Å². The molecule has 7 heteroatoms. The van der Waals surface area contributed by atoms with E-state index in [0.29, 0.717) is 37.9 Å². The van der Waals surface area contributed by atoms with E-state index < -0.39 is 11.6 Å². The molecule has 1 heterocycles. The molecule has 1 aliphatic heterocycles. The lowest BCUT2D eigenvalue weighted by atomic mass is 9.79. The number of methoxy groups -OCH3 is 1. The van der Waals surface area contributed by atoms with Gasteiger partial charge in [0.25, 0.3) is 11.8 Å². The highest BCUT2D eigenvalue weighted by Gasteiger charge is 2.48. The Morgan fingerprint density at radius 3 is 2.62 bits per heavy atom. The Balaban J connectivity index is 1.61. The van der Waals surface area contributed by atoms with Crippen LogP contribution in [0.2, 0.25) is 0 Å². The first-order valence-corrected chi connectivity index (χ1v) is 8.05. The first-order valence-electron chi connectivity index (χ1n) is 8.05. The van der Waals surface area contributed by atoms with Gasteiger partial charge in [-0.15, -0.1) is 0 Å². The van der Waals surface area contributed by atoms with Gasteiger partial charge in [0, 0.05) is 18.7 Å². The molecular formula is C17H21N3O4. The SMILES string of the molecule is COCc1ccccc1C(=O)NC1CCC2(CC1)NC(=O)NC2=O. The predicted octanol–water partition coefficient (Wildman–Crippen LogP) is 1.08. The normalized spacial score (nSPS) is 26.1. The van der Waals surface area contributed by atoms with Gasteiger partial charge in [-0.3, -0.25) is 14.9 Å². The highest BCUT2D eigenvalue weighted by atomic mass is 16.5. The summed E-state index contributed by atoms with van der Waals surface area (Å²) in [5, 5.41) is 8.04. The molecule has 1 aromatic carbocycles. The summed E-state index contributed by atoms with van der Waals surface area (Å²) in [4.78, 5) is 35.8. The number of carbonyl (C=O) groups is 3. The van der Waals surface area contributed by atoms with Gasteiger partial charge in [-0.1, -0.05) is 18.2 Å². The smallest absolute Gasteiger partial charge is 0.322 e. The van der Waals surface area contributed by atoms with Gasteiger partial charge in [0.15, 0.2) is 0 Å². The minimum absolute atomic E-state index is 0.0102. The molecule has 0 bridgehead atoms. The summed E-state index contributed by atoms with van der Waals surface area (Å²) < 4.78 is 5.13. The number of amides is 4. The molecule has 2 aliphatic rings. The largest absolute Gasteiger partial charge is 0.380 e. The van der Waals surface area contributed by atoms with Crippen LogP contribution in [0.1, 0.15) is 41.6 Å². The van der Waals surface area contributed by atoms with Gasteiger partial charge < -0.3 is 15.4 Å². The van der Waals surface area contributed by atoms with Crippen molar-refractivity contribution in [3.05, 3.63) is 35.4 Å². The van der Waals surface area contributed by atoms with Gasteiger partial charge in [-0.25, -0.2) is 4.79 Å². The molecule has 128 valence electrons. The van der Waals surface area contributed by atoms with E-state index in [1.54, 1.807) is 13.2 Å². The van der Waals surface area contributed by atoms with Crippen LogP contribution in [0.4, 0.5) is 4.79 Å². The molecule has 2 fully saturated rings. The number of hydrogen-bond acceptors (Lipinski definition) is 4. The van der Waals surface area contributed by atoms with Crippen molar-refractivity contribution < 1.29 is 19.1 Å². The van der Waals surface area contributed by atoms with Crippen molar-refractivity contribution in [2.45, 2.75) is 43.9 Å². The summed E-state index contributed by atoms with van der Waals surface area (Å²) in [6, 6.07) is 6.89. The van der Waals surface area contributed by atoms with E-state index >= 15 is 0 Å². The van der Waals surface area contributed by atoms with Crippen LogP contribution in [-0.2, 0) is 16.1 Å². The zero-order valence-electron chi connectivity index (χ0n) is 13.6. The molecule has 7 nitrogen and oxygen atoms in total. The summed E-state index contributed by atoms with van der Waals surface area (Å²) in [7, 11) is 1.59. The number of urea groups is 1. The van der Waals surface area contributed by atoms with Gasteiger partial charge >= 0.3 is 6.03 Å². The molecule has 0 radical (unpaired) electrons. The number of carbonyl (C=O) groups excluding carboxylic acids is 3. The van der Waals surface area contributed by atoms with Crippen LogP contribution in [0.15, 0.2) is 24.3 Å². The molecule has 3 N–H and O–H groups in total. The second kappa shape index (κ2) is 6.60. The Labute approximate surface area is 140 Å². The zero-order chi connectivity index (χ0) is 17.2. The van der Waals surface area contributed by atoms with Gasteiger partial charge in [0.1, 0.15) is 5.54 Å². The summed E-state index contributed by atoms with van der Waals surface area (Å²) in [5.41, 5.74) is 0.644. The Kier molecular flexibility index (Phi) is 4.53. The highest BCUT2D eigenvalue weighted by molar-refractivity contribution is 6.07. The van der Waals surface area contributed by atoms with Gasteiger partial charge in [-0.05, 0) is 37.3 Å². The first-order chi connectivity index (χ1) is 11.5. The average molecular weight is 331 g/mol. The minimum atomic E-state index is -0.799. The second-order valence-corrected chi connectivity index (χ2v) is 6.33. The minimum Gasteiger partial charge on any atom is -0.380 e. The van der Waals surface area contributed by atoms with Crippen LogP contribution >= 0.6 is 0 Å². The van der Waals surface area contributed by atoms with Crippen molar-refractivity contribution >= 4 is 17.8 Å². The van der Waals surface area contributed by atoms with Crippen LogP contribution in [0, 0.1) is 0 Å². The molecule has 24 heavy (non-hydrogen) atoms. The van der Waals surface area contributed by atoms with Crippen LogP contribution in [0.3, 0.4) is 0 Å². The van der Waals surface area contributed by atoms with Crippen molar-refractivity contribution in [1.82, 2.24) is 16.0 Å². The topological polar surface area (TPSA) is 96.5 Å². The van der Waals surface area contributed by atoms with E-state index in [-0.39, 0.29) is 17.9 Å². The van der Waals surface area contributed by atoms with Gasteiger partial charge in [0.2, 0.25) is 0 Å². The predicted molar refractivity (Wildman–Crippen MR) is 86.3 cm³/mol. The quantitative estimate of drug-likeness (QED) is 0.719. The number of benzene rings is 1. The molecule has 0 atom stereocenters. The maximum atomic E-state index is 12.5. The summed E-state index contributed by atoms with van der Waals surface area (Å²) in [5.74, 6) is -0.397. The average Bonchev–Trinajstić information content (AvgIpc) is 2.84. The van der Waals surface area contributed by atoms with Crippen LogP contribution < -0.4 is 16.0 Å². The molecular weight excluding hydrogens is 310 g/mol. The van der Waals surface area contributed by atoms with E-state index in [2.05, 4.69) is 16.0 Å². The third kappa shape index (κ3) is 3.12. The van der Waals surface area contributed by atoms with Crippen molar-refractivity contribution in [1.29, 1.82) is 0 Å². The maximum absolute atomic E-state index is 12.5. The molecule has 4 amide bonds. The summed E-state index contributed by atoms with van der Waals surface area (Å²) in [6.45, 7) is 0.379. The van der Waals surface area contributed by atoms with E-state index in [4.69, 9.17) is 4.74 Å². The Morgan fingerprint density at radius 2 is 2.00 bits per heavy atom. The number of hydrogen-bond donors (Lipinski definition) is 3. The Hall–Kier alpha value is -2.41. The standard InChI is InChI=1S/C17H21N3O4/c1-24-10-11-4-2-3-5-13(11)14(21)18-12-6-8-17(9-7-12)15(22)19-16(23)20-17/h2-5,12H,6-10H2,1H3,(H,18,21)(H2,19,20,22,23). The summed E-state index contributed by atoms with van der Waals surface area (Å²) in [6.07, 6.45) is 2.34. The molecule has 0 aromatic heterocycles. The van der Waals surface area contributed by atoms with Crippen molar-refractivity contribution in [3.63, 3.8) is 0 Å². The molecule has 1 aliphatic carbocycles. The fraction of sp³-hybridized carbons (Fsp3) is 0.471. The lowest BCUT2D eigenvalue weighted by Gasteiger charge is -2.34. The maximum Gasteiger partial charge on any atom is 0.322 e. The number of ether oxygens (including phenoxy) is 1. The molecule has 3 rings (SSSR count). The van der Waals surface area contributed by atoms with E-state index in [9.17, 15) is 14.4 Å². The number of nitrogens with one attached hydrogen (secondary N) is 3. The lowest BCUT2D eigenvalue weighted by Crippen LogP contribution is -2.52. The zero-order valence-corrected chi connectivity index (χ0v) is 13.6. The molecule has 0 unspecified atom stereocenters. The van der Waals surface area contributed by atoms with E-state index in [0.717, 1.165) is 5.56 Å². The number of imide groups is 1. The number of rotatable bonds is 4. The van der Waals surface area contributed by atoms with Crippen molar-refractivity contribution in [2.75, 3.05) is 7.11 Å². The first kappa shape index (κ1) is 16.4. The Morgan fingerprint density at radius 1 is 1.29 bits per heavy atom. The molecule has 1 spiro atoms. The Bertz CT molecular complexity index is 666. The molecule has 1 saturated heterocycles. The van der Waals surface area contributed by atoms with Gasteiger partial charge in [-0.2, -0.15) is 0 Å². The second-order valence-electron chi connectivity index (χ2n) is 6.33. The monoisotopic (exact) mass is 331 g/mol. The van der Waals surface area contributed by atoms with E-state index in [1.807, 2.05) is 18.2 Å². The molecule has 1 saturated carbocycles. The van der Waals surface area contributed by atoms with Gasteiger partial charge in [0.05, 0.1) is 6.61 Å². The fourth-order valence-electron chi connectivity index (χ4n) is 3.42. The third-order valence-corrected chi connectivity index (χ3v) is 4.75. The molecule has 1 aromatic rings. The van der Waals surface area contributed by atoms with Crippen LogP contribution in [-0.4, -0.2) is 36.5 Å². The highest BCUT2D eigenvalue weighted by Crippen LogP contribution is 2.31.